The molecule has 2 aromatic heterocycles. The summed E-state index contributed by atoms with van der Waals surface area (Å²) in [6, 6.07) is 0.250. The van der Waals surface area contributed by atoms with Gasteiger partial charge in [-0.25, -0.2) is 0 Å². The Morgan fingerprint density at radius 1 is 1.29 bits per heavy atom. The second-order valence-electron chi connectivity index (χ2n) is 5.75. The van der Waals surface area contributed by atoms with Gasteiger partial charge < -0.3 is 9.84 Å². The van der Waals surface area contributed by atoms with Crippen molar-refractivity contribution in [1.82, 2.24) is 25.2 Å². The van der Waals surface area contributed by atoms with Crippen molar-refractivity contribution >= 4 is 0 Å². The summed E-state index contributed by atoms with van der Waals surface area (Å²) < 4.78 is 7.16. The molecule has 2 rings (SSSR count). The molecule has 0 saturated carbocycles. The fraction of sp³-hybridized carbons (Fsp3) is 0.667. The van der Waals surface area contributed by atoms with E-state index in [2.05, 4.69) is 41.3 Å². The summed E-state index contributed by atoms with van der Waals surface area (Å²) in [5.74, 6) is 1.65. The van der Waals surface area contributed by atoms with Crippen molar-refractivity contribution in [2.45, 2.75) is 59.5 Å². The van der Waals surface area contributed by atoms with E-state index in [1.54, 1.807) is 0 Å². The zero-order valence-electron chi connectivity index (χ0n) is 13.8. The number of hydrogen-bond acceptors (Lipinski definition) is 5. The van der Waals surface area contributed by atoms with Crippen molar-refractivity contribution in [2.75, 3.05) is 0 Å². The monoisotopic (exact) mass is 291 g/mol. The zero-order chi connectivity index (χ0) is 15.6. The van der Waals surface area contributed by atoms with Crippen LogP contribution < -0.4 is 5.32 Å². The van der Waals surface area contributed by atoms with Gasteiger partial charge >= 0.3 is 0 Å². The molecule has 6 nitrogen and oxygen atoms in total. The predicted octanol–water partition coefficient (Wildman–Crippen LogP) is 2.78. The van der Waals surface area contributed by atoms with Crippen molar-refractivity contribution in [3.8, 4) is 0 Å². The summed E-state index contributed by atoms with van der Waals surface area (Å²) in [6.45, 7) is 11.0. The third-order valence-electron chi connectivity index (χ3n) is 3.81. The van der Waals surface area contributed by atoms with Crippen LogP contribution in [0.1, 0.15) is 67.8 Å². The van der Waals surface area contributed by atoms with Gasteiger partial charge in [-0.15, -0.1) is 0 Å². The van der Waals surface area contributed by atoms with E-state index in [0.717, 1.165) is 12.1 Å². The lowest BCUT2D eigenvalue weighted by Crippen LogP contribution is -2.22. The first-order valence-corrected chi connectivity index (χ1v) is 7.50. The molecule has 0 spiro atoms. The van der Waals surface area contributed by atoms with Crippen LogP contribution in [0.25, 0.3) is 0 Å². The maximum absolute atomic E-state index is 5.23. The number of aryl methyl sites for hydroxylation is 2. The normalized spacial score (nSPS) is 13.1. The van der Waals surface area contributed by atoms with E-state index in [4.69, 9.17) is 4.52 Å². The Balaban J connectivity index is 2.08. The van der Waals surface area contributed by atoms with Gasteiger partial charge in [0.25, 0.3) is 0 Å². The predicted molar refractivity (Wildman–Crippen MR) is 80.9 cm³/mol. The molecule has 0 saturated heterocycles. The molecule has 0 aliphatic carbocycles. The number of aromatic nitrogens is 4. The van der Waals surface area contributed by atoms with Gasteiger partial charge in [0.2, 0.25) is 5.89 Å². The molecule has 1 unspecified atom stereocenters. The molecule has 116 valence electrons. The standard InChI is InChI=1S/C15H25N5O/c1-7-12(14-10(4)18-20(6)11(14)5)16-8-13-17-15(9(2)3)21-19-13/h9,12,16H,7-8H2,1-6H3. The Morgan fingerprint density at radius 2 is 2.00 bits per heavy atom. The third kappa shape index (κ3) is 3.32. The van der Waals surface area contributed by atoms with E-state index >= 15 is 0 Å². The Morgan fingerprint density at radius 3 is 2.48 bits per heavy atom. The lowest BCUT2D eigenvalue weighted by molar-refractivity contribution is 0.358. The molecule has 0 aliphatic rings. The maximum Gasteiger partial charge on any atom is 0.229 e. The van der Waals surface area contributed by atoms with Gasteiger partial charge in [0, 0.05) is 30.3 Å². The first-order valence-electron chi connectivity index (χ1n) is 7.50. The molecule has 6 heteroatoms. The van der Waals surface area contributed by atoms with Gasteiger partial charge in [0.05, 0.1) is 12.2 Å². The van der Waals surface area contributed by atoms with E-state index < -0.39 is 0 Å². The first kappa shape index (κ1) is 15.7. The van der Waals surface area contributed by atoms with Crippen molar-refractivity contribution in [3.63, 3.8) is 0 Å². The molecule has 1 N–H and O–H groups in total. The van der Waals surface area contributed by atoms with Gasteiger partial charge in [-0.1, -0.05) is 25.9 Å². The van der Waals surface area contributed by atoms with Gasteiger partial charge in [0.15, 0.2) is 5.82 Å². The summed E-state index contributed by atoms with van der Waals surface area (Å²) in [7, 11) is 1.98. The molecule has 0 radical (unpaired) electrons. The summed E-state index contributed by atoms with van der Waals surface area (Å²) in [5.41, 5.74) is 3.54. The Labute approximate surface area is 125 Å². The SMILES string of the molecule is CCC(NCc1noc(C(C)C)n1)c1c(C)nn(C)c1C. The van der Waals surface area contributed by atoms with Crippen LogP contribution in [0.4, 0.5) is 0 Å². The van der Waals surface area contributed by atoms with Crippen LogP contribution in [0.5, 0.6) is 0 Å². The molecule has 2 heterocycles. The van der Waals surface area contributed by atoms with Crippen molar-refractivity contribution in [1.29, 1.82) is 0 Å². The topological polar surface area (TPSA) is 68.8 Å². The van der Waals surface area contributed by atoms with E-state index in [1.165, 1.54) is 11.3 Å². The highest BCUT2D eigenvalue weighted by Gasteiger charge is 2.19. The third-order valence-corrected chi connectivity index (χ3v) is 3.81. The van der Waals surface area contributed by atoms with Crippen LogP contribution in [0.2, 0.25) is 0 Å². The fourth-order valence-corrected chi connectivity index (χ4v) is 2.53. The molecule has 0 bridgehead atoms. The van der Waals surface area contributed by atoms with Crippen LogP contribution >= 0.6 is 0 Å². The van der Waals surface area contributed by atoms with Crippen molar-refractivity contribution in [3.05, 3.63) is 28.7 Å². The average molecular weight is 291 g/mol. The molecular formula is C15H25N5O. The van der Waals surface area contributed by atoms with E-state index in [9.17, 15) is 0 Å². The number of nitrogens with zero attached hydrogens (tertiary/aromatic N) is 4. The summed E-state index contributed by atoms with van der Waals surface area (Å²) in [5, 5.41) is 12.0. The zero-order valence-corrected chi connectivity index (χ0v) is 13.8. The number of nitrogens with one attached hydrogen (secondary N) is 1. The molecule has 0 fully saturated rings. The van der Waals surface area contributed by atoms with Gasteiger partial charge in [-0.2, -0.15) is 10.1 Å². The van der Waals surface area contributed by atoms with Crippen LogP contribution in [0, 0.1) is 13.8 Å². The van der Waals surface area contributed by atoms with E-state index in [-0.39, 0.29) is 12.0 Å². The Kier molecular flexibility index (Phi) is 4.77. The summed E-state index contributed by atoms with van der Waals surface area (Å²) >= 11 is 0. The van der Waals surface area contributed by atoms with Crippen molar-refractivity contribution < 1.29 is 4.52 Å². The fourth-order valence-electron chi connectivity index (χ4n) is 2.53. The van der Waals surface area contributed by atoms with Crippen LogP contribution in [-0.2, 0) is 13.6 Å². The smallest absolute Gasteiger partial charge is 0.229 e. The lowest BCUT2D eigenvalue weighted by atomic mass is 10.0. The quantitative estimate of drug-likeness (QED) is 0.886. The highest BCUT2D eigenvalue weighted by molar-refractivity contribution is 5.28. The summed E-state index contributed by atoms with van der Waals surface area (Å²) in [4.78, 5) is 4.40. The average Bonchev–Trinajstić information content (AvgIpc) is 2.99. The second kappa shape index (κ2) is 6.39. The Hall–Kier alpha value is -1.69. The van der Waals surface area contributed by atoms with Crippen LogP contribution in [-0.4, -0.2) is 19.9 Å². The van der Waals surface area contributed by atoms with E-state index in [1.807, 2.05) is 25.6 Å². The molecule has 0 aliphatic heterocycles. The molecular weight excluding hydrogens is 266 g/mol. The minimum Gasteiger partial charge on any atom is -0.339 e. The Bertz CT molecular complexity index is 599. The highest BCUT2D eigenvalue weighted by Crippen LogP contribution is 2.24. The minimum absolute atomic E-state index is 0.250. The number of hydrogen-bond donors (Lipinski definition) is 1. The minimum atomic E-state index is 0.250. The van der Waals surface area contributed by atoms with Gasteiger partial charge in [0.1, 0.15) is 0 Å². The maximum atomic E-state index is 5.23. The number of rotatable bonds is 6. The van der Waals surface area contributed by atoms with Crippen LogP contribution in [0.3, 0.4) is 0 Å². The van der Waals surface area contributed by atoms with Crippen molar-refractivity contribution in [2.24, 2.45) is 7.05 Å². The van der Waals surface area contributed by atoms with Gasteiger partial charge in [-0.3, -0.25) is 4.68 Å². The molecule has 2 aromatic rings. The highest BCUT2D eigenvalue weighted by atomic mass is 16.5. The molecule has 0 aromatic carbocycles. The van der Waals surface area contributed by atoms with E-state index in [0.29, 0.717) is 18.3 Å². The van der Waals surface area contributed by atoms with Crippen LogP contribution in [0.15, 0.2) is 4.52 Å². The lowest BCUT2D eigenvalue weighted by Gasteiger charge is -2.16. The first-order chi connectivity index (χ1) is 9.93. The largest absolute Gasteiger partial charge is 0.339 e. The molecule has 1 atom stereocenters. The second-order valence-corrected chi connectivity index (χ2v) is 5.75. The van der Waals surface area contributed by atoms with Gasteiger partial charge in [-0.05, 0) is 20.3 Å². The molecule has 0 amide bonds. The molecule has 21 heavy (non-hydrogen) atoms. The summed E-state index contributed by atoms with van der Waals surface area (Å²) in [6.07, 6.45) is 0.988.